The quantitative estimate of drug-likeness (QED) is 0.850. The van der Waals surface area contributed by atoms with Gasteiger partial charge in [-0.1, -0.05) is 37.0 Å². The van der Waals surface area contributed by atoms with Crippen LogP contribution in [-0.4, -0.2) is 32.0 Å². The predicted molar refractivity (Wildman–Crippen MR) is 88.1 cm³/mol. The molecule has 1 aromatic carbocycles. The fourth-order valence-corrected chi connectivity index (χ4v) is 3.07. The summed E-state index contributed by atoms with van der Waals surface area (Å²) in [5.41, 5.74) is 1.18. The summed E-state index contributed by atoms with van der Waals surface area (Å²) in [7, 11) is 0. The van der Waals surface area contributed by atoms with Crippen molar-refractivity contribution >= 4 is 17.6 Å². The summed E-state index contributed by atoms with van der Waals surface area (Å²) >= 11 is 0. The maximum absolute atomic E-state index is 12.1. The monoisotopic (exact) mass is 328 g/mol. The van der Waals surface area contributed by atoms with Crippen molar-refractivity contribution in [3.63, 3.8) is 0 Å². The Labute approximate surface area is 139 Å². The summed E-state index contributed by atoms with van der Waals surface area (Å²) in [6.45, 7) is 0. The molecule has 1 saturated carbocycles. The van der Waals surface area contributed by atoms with Crippen LogP contribution in [0.15, 0.2) is 30.5 Å². The second kappa shape index (κ2) is 7.25. The normalized spacial score (nSPS) is 14.7. The standard InChI is InChI=1S/C17H20N4O3/c22-16(9-8-12-4-1-2-5-12)18-13-6-3-7-14(10-13)21-11-15(17(23)24)19-20-21/h3,6-7,10-12H,1-2,4-5,8-9H2,(H,18,22)(H,23,24). The van der Waals surface area contributed by atoms with Gasteiger partial charge < -0.3 is 10.4 Å². The van der Waals surface area contributed by atoms with Crippen molar-refractivity contribution in [2.45, 2.75) is 38.5 Å². The first-order valence-corrected chi connectivity index (χ1v) is 8.18. The van der Waals surface area contributed by atoms with Crippen LogP contribution in [0.1, 0.15) is 49.0 Å². The van der Waals surface area contributed by atoms with Crippen molar-refractivity contribution in [1.82, 2.24) is 15.0 Å². The van der Waals surface area contributed by atoms with Crippen LogP contribution in [-0.2, 0) is 4.79 Å². The lowest BCUT2D eigenvalue weighted by atomic mass is 10.0. The number of hydrogen-bond donors (Lipinski definition) is 2. The van der Waals surface area contributed by atoms with E-state index in [9.17, 15) is 9.59 Å². The Kier molecular flexibility index (Phi) is 4.88. The van der Waals surface area contributed by atoms with Gasteiger partial charge in [0.25, 0.3) is 0 Å². The Hall–Kier alpha value is -2.70. The number of benzene rings is 1. The molecule has 2 aromatic rings. The molecule has 1 aliphatic rings. The molecule has 126 valence electrons. The number of carbonyl (C=O) groups excluding carboxylic acids is 1. The van der Waals surface area contributed by atoms with Gasteiger partial charge in [-0.25, -0.2) is 9.48 Å². The fraction of sp³-hybridized carbons (Fsp3) is 0.412. The highest BCUT2D eigenvalue weighted by Gasteiger charge is 2.16. The second-order valence-corrected chi connectivity index (χ2v) is 6.14. The Morgan fingerprint density at radius 3 is 2.79 bits per heavy atom. The van der Waals surface area contributed by atoms with E-state index in [1.165, 1.54) is 36.6 Å². The number of amides is 1. The molecule has 24 heavy (non-hydrogen) atoms. The highest BCUT2D eigenvalue weighted by Crippen LogP contribution is 2.28. The average Bonchev–Trinajstić information content (AvgIpc) is 3.25. The predicted octanol–water partition coefficient (Wildman–Crippen LogP) is 2.87. The first kappa shape index (κ1) is 16.2. The molecule has 2 N–H and O–H groups in total. The topological polar surface area (TPSA) is 97.1 Å². The second-order valence-electron chi connectivity index (χ2n) is 6.14. The van der Waals surface area contributed by atoms with E-state index in [1.807, 2.05) is 0 Å². The van der Waals surface area contributed by atoms with Gasteiger partial charge in [0.05, 0.1) is 11.9 Å². The van der Waals surface area contributed by atoms with Crippen LogP contribution in [0.3, 0.4) is 0 Å². The molecule has 0 radical (unpaired) electrons. The molecule has 3 rings (SSSR count). The van der Waals surface area contributed by atoms with Crippen LogP contribution >= 0.6 is 0 Å². The van der Waals surface area contributed by atoms with Gasteiger partial charge in [-0.15, -0.1) is 5.10 Å². The SMILES string of the molecule is O=C(CCC1CCCC1)Nc1cccc(-n2cc(C(=O)O)nn2)c1. The third-order valence-corrected chi connectivity index (χ3v) is 4.36. The van der Waals surface area contributed by atoms with E-state index in [1.54, 1.807) is 24.3 Å². The highest BCUT2D eigenvalue weighted by molar-refractivity contribution is 5.91. The maximum Gasteiger partial charge on any atom is 0.358 e. The third-order valence-electron chi connectivity index (χ3n) is 4.36. The third kappa shape index (κ3) is 3.98. The maximum atomic E-state index is 12.1. The van der Waals surface area contributed by atoms with Crippen molar-refractivity contribution in [2.75, 3.05) is 5.32 Å². The number of carboxylic acids is 1. The van der Waals surface area contributed by atoms with Gasteiger partial charge in [-0.05, 0) is 30.5 Å². The first-order valence-electron chi connectivity index (χ1n) is 8.18. The lowest BCUT2D eigenvalue weighted by molar-refractivity contribution is -0.116. The number of aromatic carboxylic acids is 1. The number of carbonyl (C=O) groups is 2. The molecule has 7 nitrogen and oxygen atoms in total. The van der Waals surface area contributed by atoms with Crippen molar-refractivity contribution < 1.29 is 14.7 Å². The fourth-order valence-electron chi connectivity index (χ4n) is 3.07. The summed E-state index contributed by atoms with van der Waals surface area (Å²) < 4.78 is 1.37. The zero-order valence-corrected chi connectivity index (χ0v) is 13.3. The number of rotatable bonds is 6. The van der Waals surface area contributed by atoms with E-state index >= 15 is 0 Å². The summed E-state index contributed by atoms with van der Waals surface area (Å²) in [4.78, 5) is 23.0. The van der Waals surface area contributed by atoms with Crippen molar-refractivity contribution in [2.24, 2.45) is 5.92 Å². The van der Waals surface area contributed by atoms with E-state index in [0.29, 0.717) is 23.7 Å². The van der Waals surface area contributed by atoms with Crippen LogP contribution < -0.4 is 5.32 Å². The van der Waals surface area contributed by atoms with Gasteiger partial charge in [-0.2, -0.15) is 0 Å². The summed E-state index contributed by atoms with van der Waals surface area (Å²) in [5, 5.41) is 19.2. The number of nitrogens with one attached hydrogen (secondary N) is 1. The van der Waals surface area contributed by atoms with Gasteiger partial charge in [-0.3, -0.25) is 4.79 Å². The van der Waals surface area contributed by atoms with E-state index in [0.717, 1.165) is 6.42 Å². The van der Waals surface area contributed by atoms with Crippen LogP contribution in [0.2, 0.25) is 0 Å². The van der Waals surface area contributed by atoms with E-state index in [-0.39, 0.29) is 11.6 Å². The van der Waals surface area contributed by atoms with E-state index in [2.05, 4.69) is 15.6 Å². The Morgan fingerprint density at radius 1 is 1.29 bits per heavy atom. The molecule has 0 spiro atoms. The molecule has 0 atom stereocenters. The molecule has 0 bridgehead atoms. The van der Waals surface area contributed by atoms with Crippen LogP contribution in [0.25, 0.3) is 5.69 Å². The number of carboxylic acid groups (broad SMARTS) is 1. The number of hydrogen-bond acceptors (Lipinski definition) is 4. The zero-order chi connectivity index (χ0) is 16.9. The molecule has 0 saturated heterocycles. The summed E-state index contributed by atoms with van der Waals surface area (Å²) in [6, 6.07) is 7.10. The molecular weight excluding hydrogens is 308 g/mol. The van der Waals surface area contributed by atoms with E-state index < -0.39 is 5.97 Å². The number of nitrogens with zero attached hydrogens (tertiary/aromatic N) is 3. The smallest absolute Gasteiger partial charge is 0.358 e. The average molecular weight is 328 g/mol. The van der Waals surface area contributed by atoms with Gasteiger partial charge in [0, 0.05) is 12.1 Å². The molecule has 1 heterocycles. The van der Waals surface area contributed by atoms with Crippen molar-refractivity contribution in [3.8, 4) is 5.69 Å². The number of aromatic nitrogens is 3. The Bertz CT molecular complexity index is 735. The first-order chi connectivity index (χ1) is 11.6. The van der Waals surface area contributed by atoms with Crippen molar-refractivity contribution in [3.05, 3.63) is 36.2 Å². The summed E-state index contributed by atoms with van der Waals surface area (Å²) in [5.74, 6) is -0.437. The zero-order valence-electron chi connectivity index (χ0n) is 13.3. The van der Waals surface area contributed by atoms with E-state index in [4.69, 9.17) is 5.11 Å². The minimum Gasteiger partial charge on any atom is -0.476 e. The molecule has 0 unspecified atom stereocenters. The minimum atomic E-state index is -1.13. The van der Waals surface area contributed by atoms with Gasteiger partial charge in [0.2, 0.25) is 5.91 Å². The lowest BCUT2D eigenvalue weighted by Crippen LogP contribution is -2.13. The highest BCUT2D eigenvalue weighted by atomic mass is 16.4. The Morgan fingerprint density at radius 2 is 2.08 bits per heavy atom. The van der Waals surface area contributed by atoms with Gasteiger partial charge in [0.1, 0.15) is 0 Å². The Balaban J connectivity index is 1.61. The molecule has 1 aromatic heterocycles. The van der Waals surface area contributed by atoms with Crippen LogP contribution in [0.5, 0.6) is 0 Å². The molecular formula is C17H20N4O3. The molecule has 1 fully saturated rings. The van der Waals surface area contributed by atoms with Gasteiger partial charge in [0.15, 0.2) is 5.69 Å². The van der Waals surface area contributed by atoms with Gasteiger partial charge >= 0.3 is 5.97 Å². The van der Waals surface area contributed by atoms with Crippen molar-refractivity contribution in [1.29, 1.82) is 0 Å². The molecule has 7 heteroatoms. The largest absolute Gasteiger partial charge is 0.476 e. The lowest BCUT2D eigenvalue weighted by Gasteiger charge is -2.10. The minimum absolute atomic E-state index is 0.00358. The molecule has 1 aliphatic carbocycles. The summed E-state index contributed by atoms with van der Waals surface area (Å²) in [6.07, 6.45) is 7.85. The number of anilines is 1. The molecule has 0 aliphatic heterocycles. The van der Waals surface area contributed by atoms with Crippen LogP contribution in [0, 0.1) is 5.92 Å². The molecule has 1 amide bonds. The van der Waals surface area contributed by atoms with Crippen LogP contribution in [0.4, 0.5) is 5.69 Å².